The van der Waals surface area contributed by atoms with E-state index in [-0.39, 0.29) is 11.3 Å². The topological polar surface area (TPSA) is 58.6 Å². The van der Waals surface area contributed by atoms with Crippen LogP contribution in [0.4, 0.5) is 5.69 Å². The van der Waals surface area contributed by atoms with E-state index in [1.54, 1.807) is 6.07 Å². The van der Waals surface area contributed by atoms with Gasteiger partial charge in [0.2, 0.25) is 0 Å². The molecule has 0 saturated heterocycles. The third kappa shape index (κ3) is 3.22. The van der Waals surface area contributed by atoms with E-state index < -0.39 is 5.91 Å². The van der Waals surface area contributed by atoms with Crippen molar-refractivity contribution < 1.29 is 14.6 Å². The molecular weight excluding hydrogens is 302 g/mol. The predicted molar refractivity (Wildman–Crippen MR) is 94.5 cm³/mol. The Hall–Kier alpha value is -3.27. The SMILES string of the molecule is COc1ccc(O)c(C(=O)Nc2ccccc2-c2ccccc2)c1. The summed E-state index contributed by atoms with van der Waals surface area (Å²) in [6.45, 7) is 0. The lowest BCUT2D eigenvalue weighted by Crippen LogP contribution is -2.13. The molecule has 120 valence electrons. The minimum Gasteiger partial charge on any atom is -0.507 e. The summed E-state index contributed by atoms with van der Waals surface area (Å²) in [4.78, 5) is 12.6. The predicted octanol–water partition coefficient (Wildman–Crippen LogP) is 4.32. The molecule has 0 aliphatic heterocycles. The van der Waals surface area contributed by atoms with Gasteiger partial charge in [-0.3, -0.25) is 4.79 Å². The van der Waals surface area contributed by atoms with Crippen LogP contribution in [-0.4, -0.2) is 18.1 Å². The van der Waals surface area contributed by atoms with Gasteiger partial charge in [0.05, 0.1) is 12.7 Å². The molecule has 1 amide bonds. The Balaban J connectivity index is 1.94. The second kappa shape index (κ2) is 6.87. The number of carbonyl (C=O) groups is 1. The molecule has 0 radical (unpaired) electrons. The Morgan fingerprint density at radius 1 is 0.958 bits per heavy atom. The van der Waals surface area contributed by atoms with Crippen molar-refractivity contribution in [3.05, 3.63) is 78.4 Å². The molecule has 0 aliphatic carbocycles. The fraction of sp³-hybridized carbons (Fsp3) is 0.0500. The van der Waals surface area contributed by atoms with Crippen LogP contribution in [0.5, 0.6) is 11.5 Å². The third-order valence-electron chi connectivity index (χ3n) is 3.71. The zero-order chi connectivity index (χ0) is 16.9. The van der Waals surface area contributed by atoms with Crippen LogP contribution in [0.3, 0.4) is 0 Å². The third-order valence-corrected chi connectivity index (χ3v) is 3.71. The Bertz CT molecular complexity index is 860. The largest absolute Gasteiger partial charge is 0.507 e. The molecule has 4 nitrogen and oxygen atoms in total. The van der Waals surface area contributed by atoms with Gasteiger partial charge in [0, 0.05) is 11.3 Å². The first-order valence-corrected chi connectivity index (χ1v) is 7.52. The molecule has 0 aliphatic rings. The quantitative estimate of drug-likeness (QED) is 0.753. The zero-order valence-corrected chi connectivity index (χ0v) is 13.2. The normalized spacial score (nSPS) is 10.2. The number of phenols is 1. The van der Waals surface area contributed by atoms with Gasteiger partial charge >= 0.3 is 0 Å². The highest BCUT2D eigenvalue weighted by Gasteiger charge is 2.14. The average molecular weight is 319 g/mol. The van der Waals surface area contributed by atoms with E-state index in [2.05, 4.69) is 5.32 Å². The molecule has 3 aromatic rings. The molecule has 2 N–H and O–H groups in total. The lowest BCUT2D eigenvalue weighted by Gasteiger charge is -2.12. The number of carbonyl (C=O) groups excluding carboxylic acids is 1. The number of nitrogens with one attached hydrogen (secondary N) is 1. The fourth-order valence-corrected chi connectivity index (χ4v) is 2.48. The Morgan fingerprint density at radius 2 is 1.67 bits per heavy atom. The van der Waals surface area contributed by atoms with Crippen LogP contribution in [0, 0.1) is 0 Å². The van der Waals surface area contributed by atoms with E-state index in [0.29, 0.717) is 11.4 Å². The van der Waals surface area contributed by atoms with Crippen LogP contribution in [-0.2, 0) is 0 Å². The Morgan fingerprint density at radius 3 is 2.42 bits per heavy atom. The van der Waals surface area contributed by atoms with Gasteiger partial charge < -0.3 is 15.2 Å². The number of amides is 1. The van der Waals surface area contributed by atoms with Crippen LogP contribution in [0.25, 0.3) is 11.1 Å². The summed E-state index contributed by atoms with van der Waals surface area (Å²) in [5, 5.41) is 12.8. The van der Waals surface area contributed by atoms with Gasteiger partial charge in [0.1, 0.15) is 11.5 Å². The number of phenolic OH excluding ortho intramolecular Hbond substituents is 1. The monoisotopic (exact) mass is 319 g/mol. The number of para-hydroxylation sites is 1. The number of hydrogen-bond donors (Lipinski definition) is 2. The minimum absolute atomic E-state index is 0.0921. The summed E-state index contributed by atoms with van der Waals surface area (Å²) in [5.41, 5.74) is 2.75. The van der Waals surface area contributed by atoms with Crippen molar-refractivity contribution in [3.8, 4) is 22.6 Å². The minimum atomic E-state index is -0.394. The number of anilines is 1. The van der Waals surface area contributed by atoms with Crippen molar-refractivity contribution >= 4 is 11.6 Å². The maximum absolute atomic E-state index is 12.6. The number of ether oxygens (including phenoxy) is 1. The maximum Gasteiger partial charge on any atom is 0.259 e. The van der Waals surface area contributed by atoms with E-state index in [4.69, 9.17) is 4.74 Å². The number of rotatable bonds is 4. The van der Waals surface area contributed by atoms with E-state index in [1.165, 1.54) is 19.2 Å². The number of hydrogen-bond acceptors (Lipinski definition) is 3. The highest BCUT2D eigenvalue weighted by atomic mass is 16.5. The highest BCUT2D eigenvalue weighted by molar-refractivity contribution is 6.08. The molecular formula is C20H17NO3. The fourth-order valence-electron chi connectivity index (χ4n) is 2.48. The van der Waals surface area contributed by atoms with Gasteiger partial charge in [-0.25, -0.2) is 0 Å². The molecule has 0 spiro atoms. The van der Waals surface area contributed by atoms with Gasteiger partial charge in [0.25, 0.3) is 5.91 Å². The number of aromatic hydroxyl groups is 1. The average Bonchev–Trinajstić information content (AvgIpc) is 2.63. The smallest absolute Gasteiger partial charge is 0.259 e. The van der Waals surface area contributed by atoms with Gasteiger partial charge in [-0.05, 0) is 29.8 Å². The summed E-state index contributed by atoms with van der Waals surface area (Å²) in [5.74, 6) is 0.0227. The molecule has 0 atom stereocenters. The molecule has 4 heteroatoms. The van der Waals surface area contributed by atoms with E-state index in [9.17, 15) is 9.90 Å². The lowest BCUT2D eigenvalue weighted by molar-refractivity contribution is 0.102. The van der Waals surface area contributed by atoms with E-state index in [1.807, 2.05) is 54.6 Å². The van der Waals surface area contributed by atoms with Crippen molar-refractivity contribution in [3.63, 3.8) is 0 Å². The Labute approximate surface area is 140 Å². The highest BCUT2D eigenvalue weighted by Crippen LogP contribution is 2.29. The molecule has 0 heterocycles. The summed E-state index contributed by atoms with van der Waals surface area (Å²) in [6, 6.07) is 21.9. The van der Waals surface area contributed by atoms with Crippen molar-refractivity contribution in [1.82, 2.24) is 0 Å². The molecule has 0 aromatic heterocycles. The van der Waals surface area contributed by atoms with Crippen LogP contribution in [0.1, 0.15) is 10.4 Å². The van der Waals surface area contributed by atoms with Crippen molar-refractivity contribution in [2.24, 2.45) is 0 Å². The lowest BCUT2D eigenvalue weighted by atomic mass is 10.0. The van der Waals surface area contributed by atoms with Crippen molar-refractivity contribution in [1.29, 1.82) is 0 Å². The van der Waals surface area contributed by atoms with Gasteiger partial charge in [0.15, 0.2) is 0 Å². The van der Waals surface area contributed by atoms with E-state index >= 15 is 0 Å². The van der Waals surface area contributed by atoms with Crippen LogP contribution in [0.2, 0.25) is 0 Å². The molecule has 0 saturated carbocycles. The maximum atomic E-state index is 12.6. The zero-order valence-electron chi connectivity index (χ0n) is 13.2. The molecule has 3 aromatic carbocycles. The van der Waals surface area contributed by atoms with E-state index in [0.717, 1.165) is 11.1 Å². The van der Waals surface area contributed by atoms with Gasteiger partial charge in [-0.2, -0.15) is 0 Å². The summed E-state index contributed by atoms with van der Waals surface area (Å²) in [6.07, 6.45) is 0. The van der Waals surface area contributed by atoms with Crippen LogP contribution >= 0.6 is 0 Å². The van der Waals surface area contributed by atoms with Gasteiger partial charge in [-0.1, -0.05) is 48.5 Å². The van der Waals surface area contributed by atoms with Crippen LogP contribution < -0.4 is 10.1 Å². The first kappa shape index (κ1) is 15.6. The number of benzene rings is 3. The molecule has 3 rings (SSSR count). The Kier molecular flexibility index (Phi) is 4.47. The summed E-state index contributed by atoms with van der Waals surface area (Å²) >= 11 is 0. The molecule has 0 bridgehead atoms. The van der Waals surface area contributed by atoms with Crippen molar-refractivity contribution in [2.45, 2.75) is 0 Å². The standard InChI is InChI=1S/C20H17NO3/c1-24-15-11-12-19(22)17(13-15)20(23)21-18-10-6-5-9-16(18)14-7-3-2-4-8-14/h2-13,22H,1H3,(H,21,23). The summed E-state index contributed by atoms with van der Waals surface area (Å²) < 4.78 is 5.11. The number of methoxy groups -OCH3 is 1. The second-order valence-electron chi connectivity index (χ2n) is 5.25. The second-order valence-corrected chi connectivity index (χ2v) is 5.25. The first-order valence-electron chi connectivity index (χ1n) is 7.52. The van der Waals surface area contributed by atoms with Gasteiger partial charge in [-0.15, -0.1) is 0 Å². The summed E-state index contributed by atoms with van der Waals surface area (Å²) in [7, 11) is 1.51. The molecule has 0 fully saturated rings. The molecule has 0 unspecified atom stereocenters. The van der Waals surface area contributed by atoms with Crippen molar-refractivity contribution in [2.75, 3.05) is 12.4 Å². The van der Waals surface area contributed by atoms with Crippen LogP contribution in [0.15, 0.2) is 72.8 Å². The molecule has 24 heavy (non-hydrogen) atoms. The first-order chi connectivity index (χ1) is 11.7.